The van der Waals surface area contributed by atoms with Gasteiger partial charge in [-0.25, -0.2) is 0 Å². The van der Waals surface area contributed by atoms with E-state index >= 15 is 0 Å². The first kappa shape index (κ1) is 14.9. The Labute approximate surface area is 160 Å². The fourth-order valence-corrected chi connectivity index (χ4v) is 2.60. The summed E-state index contributed by atoms with van der Waals surface area (Å²) in [5, 5.41) is 12.2. The van der Waals surface area contributed by atoms with E-state index in [2.05, 4.69) is 5.32 Å². The molecule has 0 aliphatic carbocycles. The van der Waals surface area contributed by atoms with E-state index in [1.807, 2.05) is 0 Å². The standard InChI is InChI=1S/C20H28N2O4/c1-12(2)18(24)16(23)11-13(3)19(25)21-17-15-8-6-5-7-14(15)9-10-22(4)20(17)26/h5-8,12-13,17-18,24H,9-11H2,1-4H3,(H,21,25)/t13-,17+,18+/m1/s1/i9D2,13D,17D. The zero-order valence-electron chi connectivity index (χ0n) is 19.5. The van der Waals surface area contributed by atoms with E-state index in [0.717, 1.165) is 4.90 Å². The predicted octanol–water partition coefficient (Wildman–Crippen LogP) is 1.47. The molecule has 142 valence electrons. The lowest BCUT2D eigenvalue weighted by atomic mass is 9.94. The third kappa shape index (κ3) is 4.49. The summed E-state index contributed by atoms with van der Waals surface area (Å²) in [6.07, 6.45) is -3.87. The van der Waals surface area contributed by atoms with E-state index in [0.29, 0.717) is 0 Å². The lowest BCUT2D eigenvalue weighted by molar-refractivity contribution is -0.137. The highest BCUT2D eigenvalue weighted by Crippen LogP contribution is 2.25. The average Bonchev–Trinajstić information content (AvgIpc) is 2.69. The number of amides is 2. The van der Waals surface area contributed by atoms with Crippen molar-refractivity contribution in [1.29, 1.82) is 0 Å². The number of likely N-dealkylation sites (N-methyl/N-ethyl adjacent to an activating group) is 1. The summed E-state index contributed by atoms with van der Waals surface area (Å²) < 4.78 is 33.7. The number of aliphatic hydroxyl groups is 1. The lowest BCUT2D eigenvalue weighted by Gasteiger charge is -2.24. The molecule has 3 atom stereocenters. The van der Waals surface area contributed by atoms with Gasteiger partial charge in [-0.05, 0) is 23.4 Å². The maximum absolute atomic E-state index is 13.0. The Morgan fingerprint density at radius 3 is 2.73 bits per heavy atom. The maximum Gasteiger partial charge on any atom is 0.249 e. The third-order valence-corrected chi connectivity index (χ3v) is 4.29. The zero-order chi connectivity index (χ0) is 23.1. The molecule has 1 aliphatic rings. The molecule has 6 heteroatoms. The number of Topliss-reactive ketones (excluding diaryl/α,β-unsaturated/α-hetero) is 1. The van der Waals surface area contributed by atoms with Crippen molar-refractivity contribution in [2.24, 2.45) is 11.8 Å². The fraction of sp³-hybridized carbons (Fsp3) is 0.550. The van der Waals surface area contributed by atoms with Gasteiger partial charge in [0.1, 0.15) is 12.1 Å². The summed E-state index contributed by atoms with van der Waals surface area (Å²) in [5.74, 6) is -5.00. The molecule has 1 aromatic rings. The van der Waals surface area contributed by atoms with E-state index in [-0.39, 0.29) is 23.6 Å². The fourth-order valence-electron chi connectivity index (χ4n) is 2.60. The van der Waals surface area contributed by atoms with Gasteiger partial charge in [0.25, 0.3) is 0 Å². The molecule has 0 saturated carbocycles. The third-order valence-electron chi connectivity index (χ3n) is 4.29. The van der Waals surface area contributed by atoms with Gasteiger partial charge < -0.3 is 15.3 Å². The van der Waals surface area contributed by atoms with Crippen LogP contribution in [0.2, 0.25) is 0 Å². The molecule has 2 amide bonds. The van der Waals surface area contributed by atoms with Crippen LogP contribution in [0.1, 0.15) is 49.8 Å². The van der Waals surface area contributed by atoms with Crippen LogP contribution >= 0.6 is 0 Å². The number of hydrogen-bond acceptors (Lipinski definition) is 4. The second-order valence-electron chi connectivity index (χ2n) is 6.82. The average molecular weight is 364 g/mol. The van der Waals surface area contributed by atoms with Crippen LogP contribution in [-0.4, -0.2) is 47.3 Å². The number of nitrogens with one attached hydrogen (secondary N) is 1. The zero-order valence-corrected chi connectivity index (χ0v) is 15.5. The minimum absolute atomic E-state index is 0.0259. The van der Waals surface area contributed by atoms with Crippen LogP contribution in [0.3, 0.4) is 0 Å². The summed E-state index contributed by atoms with van der Waals surface area (Å²) in [4.78, 5) is 39.1. The molecule has 0 fully saturated rings. The molecule has 6 nitrogen and oxygen atoms in total. The molecule has 0 saturated heterocycles. The monoisotopic (exact) mass is 364 g/mol. The smallest absolute Gasteiger partial charge is 0.249 e. The lowest BCUT2D eigenvalue weighted by Crippen LogP contribution is -2.43. The molecule has 2 N–H and O–H groups in total. The van der Waals surface area contributed by atoms with E-state index < -0.39 is 48.4 Å². The van der Waals surface area contributed by atoms with Gasteiger partial charge in [-0.2, -0.15) is 0 Å². The molecule has 26 heavy (non-hydrogen) atoms. The SMILES string of the molecule is [2H]C1([2H])CN(C)C(=O)[C@@]([2H])(NC(=O)[C@]([2H])(C)CC(=O)[C@@H](O)C(C)C)c2ccccc21. The van der Waals surface area contributed by atoms with Crippen LogP contribution in [0.4, 0.5) is 0 Å². The molecular formula is C20H28N2O4. The van der Waals surface area contributed by atoms with Crippen LogP contribution in [0.5, 0.6) is 0 Å². The number of nitrogens with zero attached hydrogens (tertiary/aromatic N) is 1. The highest BCUT2D eigenvalue weighted by Gasteiger charge is 2.32. The van der Waals surface area contributed by atoms with Crippen LogP contribution in [-0.2, 0) is 20.8 Å². The van der Waals surface area contributed by atoms with Crippen molar-refractivity contribution >= 4 is 17.6 Å². The van der Waals surface area contributed by atoms with Crippen molar-refractivity contribution < 1.29 is 25.0 Å². The molecule has 0 spiro atoms. The number of fused-ring (bicyclic) bond motifs is 1. The molecule has 1 aromatic carbocycles. The van der Waals surface area contributed by atoms with E-state index in [1.165, 1.54) is 32.2 Å². The largest absolute Gasteiger partial charge is 0.385 e. The summed E-state index contributed by atoms with van der Waals surface area (Å²) in [6.45, 7) is 4.13. The number of carbonyl (C=O) groups is 3. The number of benzene rings is 1. The molecule has 0 aromatic heterocycles. The first-order valence-corrected chi connectivity index (χ1v) is 8.52. The Kier molecular flexibility index (Phi) is 4.84. The molecule has 2 rings (SSSR count). The van der Waals surface area contributed by atoms with Crippen LogP contribution in [0.25, 0.3) is 0 Å². The number of ketones is 1. The maximum atomic E-state index is 13.0. The first-order valence-electron chi connectivity index (χ1n) is 10.5. The van der Waals surface area contributed by atoms with Crippen molar-refractivity contribution in [3.8, 4) is 0 Å². The van der Waals surface area contributed by atoms with E-state index in [1.54, 1.807) is 19.9 Å². The van der Waals surface area contributed by atoms with Gasteiger partial charge in [0.15, 0.2) is 5.78 Å². The Morgan fingerprint density at radius 2 is 2.08 bits per heavy atom. The quantitative estimate of drug-likeness (QED) is 0.800. The van der Waals surface area contributed by atoms with Gasteiger partial charge in [-0.1, -0.05) is 45.0 Å². The Morgan fingerprint density at radius 1 is 1.42 bits per heavy atom. The number of carbonyl (C=O) groups excluding carboxylic acids is 3. The van der Waals surface area contributed by atoms with Gasteiger partial charge in [-0.3, -0.25) is 14.4 Å². The number of hydrogen-bond donors (Lipinski definition) is 2. The van der Waals surface area contributed by atoms with Crippen LogP contribution < -0.4 is 5.32 Å². The van der Waals surface area contributed by atoms with Crippen molar-refractivity contribution in [3.63, 3.8) is 0 Å². The second kappa shape index (κ2) is 8.45. The van der Waals surface area contributed by atoms with Gasteiger partial charge in [-0.15, -0.1) is 0 Å². The van der Waals surface area contributed by atoms with Crippen LogP contribution in [0, 0.1) is 11.8 Å². The summed E-state index contributed by atoms with van der Waals surface area (Å²) in [7, 11) is 1.34. The Hall–Kier alpha value is -2.21. The first-order chi connectivity index (χ1) is 13.6. The van der Waals surface area contributed by atoms with Crippen molar-refractivity contribution in [3.05, 3.63) is 35.4 Å². The van der Waals surface area contributed by atoms with Crippen molar-refractivity contribution in [2.75, 3.05) is 13.6 Å². The molecule has 1 aliphatic heterocycles. The number of aliphatic hydroxyl groups excluding tert-OH is 1. The molecule has 1 heterocycles. The predicted molar refractivity (Wildman–Crippen MR) is 98.3 cm³/mol. The summed E-state index contributed by atoms with van der Waals surface area (Å²) >= 11 is 0. The van der Waals surface area contributed by atoms with E-state index in [9.17, 15) is 19.5 Å². The normalized spacial score (nSPS) is 27.8. The van der Waals surface area contributed by atoms with Gasteiger partial charge >= 0.3 is 0 Å². The number of rotatable bonds is 6. The van der Waals surface area contributed by atoms with Crippen LogP contribution in [0.15, 0.2) is 24.3 Å². The summed E-state index contributed by atoms with van der Waals surface area (Å²) in [6, 6.07) is 3.60. The van der Waals surface area contributed by atoms with Crippen molar-refractivity contribution in [2.45, 2.75) is 45.7 Å². The topological polar surface area (TPSA) is 86.7 Å². The second-order valence-corrected chi connectivity index (χ2v) is 6.82. The Balaban J connectivity index is 2.42. The summed E-state index contributed by atoms with van der Waals surface area (Å²) in [5.41, 5.74) is 0.0676. The Bertz CT molecular complexity index is 859. The van der Waals surface area contributed by atoms with Crippen molar-refractivity contribution in [1.82, 2.24) is 10.2 Å². The molecule has 0 radical (unpaired) electrons. The van der Waals surface area contributed by atoms with Gasteiger partial charge in [0, 0.05) is 30.0 Å². The highest BCUT2D eigenvalue weighted by molar-refractivity contribution is 5.92. The minimum Gasteiger partial charge on any atom is -0.385 e. The van der Waals surface area contributed by atoms with E-state index in [4.69, 9.17) is 5.48 Å². The van der Waals surface area contributed by atoms with Gasteiger partial charge in [0.2, 0.25) is 11.8 Å². The minimum atomic E-state index is -2.37. The molecule has 0 bridgehead atoms. The highest BCUT2D eigenvalue weighted by atomic mass is 16.3. The van der Waals surface area contributed by atoms with Gasteiger partial charge in [0.05, 0.1) is 1.37 Å². The molecular weight excluding hydrogens is 332 g/mol. The molecule has 0 unspecified atom stereocenters.